The van der Waals surface area contributed by atoms with Crippen LogP contribution in [-0.2, 0) is 28.1 Å². The lowest BCUT2D eigenvalue weighted by molar-refractivity contribution is 0.402. The zero-order valence-electron chi connectivity index (χ0n) is 27.8. The van der Waals surface area contributed by atoms with Crippen molar-refractivity contribution >= 4 is 114 Å². The lowest BCUT2D eigenvalue weighted by atomic mass is 9.71. The van der Waals surface area contributed by atoms with Gasteiger partial charge in [0.15, 0.2) is 0 Å². The Morgan fingerprint density at radius 1 is 0.531 bits per heavy atom. The molecule has 0 spiro atoms. The van der Waals surface area contributed by atoms with Crippen LogP contribution in [0.3, 0.4) is 0 Å². The summed E-state index contributed by atoms with van der Waals surface area (Å²) in [6.45, 7) is 8.79. The van der Waals surface area contributed by atoms with E-state index in [9.17, 15) is 0 Å². The van der Waals surface area contributed by atoms with Crippen molar-refractivity contribution < 1.29 is 0 Å². The first kappa shape index (κ1) is 32.1. The minimum atomic E-state index is -0.0528. The van der Waals surface area contributed by atoms with Crippen molar-refractivity contribution in [3.8, 4) is 30.6 Å². The van der Waals surface area contributed by atoms with Crippen molar-refractivity contribution in [2.45, 2.75) is 97.3 Å². The van der Waals surface area contributed by atoms with Crippen molar-refractivity contribution in [2.24, 2.45) is 17.5 Å². The number of rotatable bonds is 12. The summed E-state index contributed by atoms with van der Waals surface area (Å²) in [7, 11) is 0. The Morgan fingerprint density at radius 2 is 0.959 bits per heavy atom. The Kier molecular flexibility index (Phi) is 8.32. The van der Waals surface area contributed by atoms with Crippen LogP contribution in [0.25, 0.3) is 52.7 Å². The zero-order valence-corrected chi connectivity index (χ0v) is 32.7. The minimum Gasteiger partial charge on any atom is -0.173 e. The Hall–Kier alpha value is -2.88. The molecule has 3 aliphatic rings. The molecular weight excluding hydrogens is 725 g/mol. The van der Waals surface area contributed by atoms with Crippen LogP contribution in [0.4, 0.5) is 22.7 Å². The molecule has 0 unspecified atom stereocenters. The molecule has 9 rings (SSSR count). The highest BCUT2D eigenvalue weighted by Crippen LogP contribution is 2.64. The van der Waals surface area contributed by atoms with Crippen LogP contribution in [0.1, 0.15) is 100 Å². The summed E-state index contributed by atoms with van der Waals surface area (Å²) in [6.07, 6.45) is 12.3. The zero-order chi connectivity index (χ0) is 33.3. The molecule has 0 fully saturated rings. The molecule has 14 heteroatoms. The van der Waals surface area contributed by atoms with Crippen LogP contribution in [-0.4, -0.2) is 17.5 Å². The third-order valence-corrected chi connectivity index (χ3v) is 15.0. The number of aromatic nitrogens is 4. The van der Waals surface area contributed by atoms with Crippen LogP contribution in [0.5, 0.6) is 0 Å². The van der Waals surface area contributed by atoms with E-state index in [0.717, 1.165) is 79.9 Å². The van der Waals surface area contributed by atoms with Gasteiger partial charge in [-0.05, 0) is 49.9 Å². The summed E-state index contributed by atoms with van der Waals surface area (Å²) in [6, 6.07) is 5.01. The average molecular weight is 759 g/mol. The van der Waals surface area contributed by atoms with E-state index >= 15 is 0 Å². The molecular formula is C35H34N8S6. The van der Waals surface area contributed by atoms with Crippen LogP contribution in [0.15, 0.2) is 29.6 Å². The second-order valence-electron chi connectivity index (χ2n) is 13.3. The third-order valence-electron chi connectivity index (χ3n) is 10.4. The molecule has 8 nitrogen and oxygen atoms in total. The third kappa shape index (κ3) is 4.88. The van der Waals surface area contributed by atoms with E-state index in [4.69, 9.17) is 34.9 Å². The standard InChI is InChI=1S/C35H34N8S6/c1-5-7-9-11-13-35(14-12-10-8-6-2)19-15-21(23-29-25(36-46-40-29)17(3)26-30(23)41-47-37-26)44-33(19)34-20(35)16-22(45-34)24-31-27(38-48-42-31)18(4)28-32(24)43-49-39-28/h15-16H,5-14H2,1-4H3. The van der Waals surface area contributed by atoms with Gasteiger partial charge in [0.25, 0.3) is 0 Å². The van der Waals surface area contributed by atoms with E-state index in [1.165, 1.54) is 128 Å². The van der Waals surface area contributed by atoms with E-state index in [-0.39, 0.29) is 5.41 Å². The Balaban J connectivity index is 1.27. The summed E-state index contributed by atoms with van der Waals surface area (Å²) in [4.78, 5) is 5.24. The maximum absolute atomic E-state index is 4.84. The van der Waals surface area contributed by atoms with Crippen LogP contribution >= 0.6 is 46.1 Å². The highest BCUT2D eigenvalue weighted by Gasteiger charge is 2.46. The predicted octanol–water partition coefficient (Wildman–Crippen LogP) is 13.4. The number of benzene rings is 2. The highest BCUT2D eigenvalue weighted by atomic mass is 32.1. The van der Waals surface area contributed by atoms with Crippen molar-refractivity contribution in [3.63, 3.8) is 0 Å². The highest BCUT2D eigenvalue weighted by molar-refractivity contribution is 7.58. The molecule has 6 heterocycles. The van der Waals surface area contributed by atoms with Crippen molar-refractivity contribution in [1.82, 2.24) is 17.5 Å². The summed E-state index contributed by atoms with van der Waals surface area (Å²) in [5.41, 5.74) is 14.8. The predicted molar refractivity (Wildman–Crippen MR) is 211 cm³/mol. The fourth-order valence-electron chi connectivity index (χ4n) is 7.90. The van der Waals surface area contributed by atoms with Gasteiger partial charge < -0.3 is 0 Å². The Labute approximate surface area is 308 Å². The molecule has 49 heavy (non-hydrogen) atoms. The minimum absolute atomic E-state index is 0.0528. The molecule has 6 aromatic rings. The van der Waals surface area contributed by atoms with Crippen molar-refractivity contribution in [2.75, 3.05) is 0 Å². The van der Waals surface area contributed by atoms with E-state index in [1.807, 2.05) is 22.7 Å². The number of nitrogens with zero attached hydrogens (tertiary/aromatic N) is 8. The van der Waals surface area contributed by atoms with Crippen LogP contribution < -0.4 is 0 Å². The number of unbranched alkanes of at least 4 members (excludes halogenated alkanes) is 6. The van der Waals surface area contributed by atoms with Gasteiger partial charge in [0.1, 0.15) is 44.8 Å². The van der Waals surface area contributed by atoms with Crippen LogP contribution in [0.2, 0.25) is 0 Å². The smallest absolute Gasteiger partial charge is 0.116 e. The molecule has 1 aliphatic carbocycles. The number of fused-ring (bicyclic) bond motifs is 7. The number of hydrogen-bond donors (Lipinski definition) is 0. The topological polar surface area (TPSA) is 101 Å². The number of thiophene rings is 2. The van der Waals surface area contributed by atoms with Gasteiger partial charge in [-0.2, -0.15) is 34.9 Å². The molecule has 0 N–H and O–H groups in total. The van der Waals surface area contributed by atoms with Gasteiger partial charge in [-0.1, -0.05) is 65.2 Å². The summed E-state index contributed by atoms with van der Waals surface area (Å²) >= 11 is 8.93. The second-order valence-corrected chi connectivity index (χ2v) is 17.5. The molecule has 0 radical (unpaired) electrons. The van der Waals surface area contributed by atoms with Gasteiger partial charge in [0.05, 0.1) is 46.2 Å². The summed E-state index contributed by atoms with van der Waals surface area (Å²) in [5, 5.41) is 0. The summed E-state index contributed by atoms with van der Waals surface area (Å²) in [5.74, 6) is 0. The SMILES string of the molecule is CCCCCCC1(CCCCCC)c2cc(-c3c4c(c(C)c5nsnc35)N=S=N4)sc2-c2sc(-c3c4c(c(C)c5nsnc35)N=S=N4)cc21. The van der Waals surface area contributed by atoms with E-state index in [2.05, 4.69) is 39.8 Å². The Morgan fingerprint density at radius 3 is 1.41 bits per heavy atom. The van der Waals surface area contributed by atoms with Gasteiger partial charge in [-0.25, -0.2) is 0 Å². The van der Waals surface area contributed by atoms with Crippen LogP contribution in [0, 0.1) is 13.8 Å². The fraction of sp³-hybridized carbons (Fsp3) is 0.429. The molecule has 0 bridgehead atoms. The molecule has 0 saturated heterocycles. The molecule has 2 aromatic carbocycles. The van der Waals surface area contributed by atoms with E-state index in [1.54, 1.807) is 0 Å². The first-order chi connectivity index (χ1) is 24.1. The lowest BCUT2D eigenvalue weighted by Gasteiger charge is -2.31. The van der Waals surface area contributed by atoms with Crippen molar-refractivity contribution in [1.29, 1.82) is 0 Å². The average Bonchev–Trinajstić information content (AvgIpc) is 3.95. The van der Waals surface area contributed by atoms with E-state index < -0.39 is 0 Å². The van der Waals surface area contributed by atoms with Gasteiger partial charge in [0, 0.05) is 47.2 Å². The summed E-state index contributed by atoms with van der Waals surface area (Å²) < 4.78 is 38.2. The largest absolute Gasteiger partial charge is 0.173 e. The van der Waals surface area contributed by atoms with Gasteiger partial charge in [0.2, 0.25) is 0 Å². The monoisotopic (exact) mass is 758 g/mol. The first-order valence-corrected chi connectivity index (χ1v) is 21.6. The van der Waals surface area contributed by atoms with Crippen molar-refractivity contribution in [3.05, 3.63) is 34.4 Å². The maximum atomic E-state index is 4.84. The van der Waals surface area contributed by atoms with Gasteiger partial charge >= 0.3 is 0 Å². The quantitative estimate of drug-likeness (QED) is 0.116. The van der Waals surface area contributed by atoms with Gasteiger partial charge in [-0.3, -0.25) is 0 Å². The number of aryl methyl sites for hydroxylation is 2. The molecule has 0 amide bonds. The van der Waals surface area contributed by atoms with E-state index in [0.29, 0.717) is 0 Å². The molecule has 0 atom stereocenters. The normalized spacial score (nSPS) is 14.9. The van der Waals surface area contributed by atoms with Gasteiger partial charge in [-0.15, -0.1) is 22.7 Å². The maximum Gasteiger partial charge on any atom is 0.116 e. The molecule has 250 valence electrons. The molecule has 2 aliphatic heterocycles. The molecule has 4 aromatic heterocycles. The molecule has 0 saturated carbocycles. The first-order valence-electron chi connectivity index (χ1n) is 17.1. The number of hydrogen-bond acceptors (Lipinski definition) is 12. The second kappa shape index (κ2) is 12.7. The fourth-order valence-corrected chi connectivity index (χ4v) is 13.1. The lowest BCUT2D eigenvalue weighted by Crippen LogP contribution is -2.25. The Bertz CT molecular complexity index is 2280.